The van der Waals surface area contributed by atoms with Crippen molar-refractivity contribution in [1.29, 1.82) is 0 Å². The standard InChI is InChI=1S/C14H17N3O3.C13H12N2O3.C13H12N2O2.C10H14N2O3.C9H11ClN2O2.C9H12N2O2.C6H7N3O2.C6H8N2/c1-3-20-14(18)12-9-17(16-13(12)15)8-10-4-6-11(19-2)7-5-10;1-17-13(16)9-2-4-10(5-3-9)18-11-6-7-12(14)15-8-11;1-17-13(16)10-4-2-3-9(7-10)11-5-6-12(14)15-8-11;1-10(2,9(13)14-3)15-7-4-5-8(11)12-6-7;1-2-14-9(13)5-7-6(10)3-4-8(11)12-7;1-2-13-9(12)6-7-4-3-5-8(10)11-7;1-11-6(10)4-2-9-5(7)3-8-4;1-5-2-3-6(7)8-4-5/h4-7,9H,3,8H2,1-2H3,(H2,15,16);2-8H,1H3,(H2,14,15);2-8H,1H3,(H2,14,15);4-6H,1-3H3,(H2,11,12);3-4H,2,5H2,1H3,(H2,11,12);3-5H,2,6H2,1H3,(H2,10,11);2-3H,1H3,(H2,7,9);2-4H,1H3,(H2,7,8). The zero-order chi connectivity index (χ0) is 85.7. The summed E-state index contributed by atoms with van der Waals surface area (Å²) >= 11 is 5.81. The molecule has 8 aromatic heterocycles. The van der Waals surface area contributed by atoms with E-state index < -0.39 is 23.5 Å². The van der Waals surface area contributed by atoms with Crippen LogP contribution in [-0.4, -0.2) is 152 Å². The Hall–Kier alpha value is -14.8. The second-order valence-electron chi connectivity index (χ2n) is 23.6. The molecule has 0 aliphatic rings. The van der Waals surface area contributed by atoms with Crippen molar-refractivity contribution in [2.45, 2.75) is 66.5 Å². The van der Waals surface area contributed by atoms with Crippen LogP contribution in [0.4, 0.5) is 46.5 Å². The molecule has 0 atom stereocenters. The molecule has 0 fully saturated rings. The topological polar surface area (TPSA) is 541 Å². The Morgan fingerprint density at radius 3 is 1.49 bits per heavy atom. The number of methoxy groups -OCH3 is 5. The van der Waals surface area contributed by atoms with Gasteiger partial charge in [-0.25, -0.2) is 63.8 Å². The summed E-state index contributed by atoms with van der Waals surface area (Å²) in [6.45, 7) is 12.0. The lowest BCUT2D eigenvalue weighted by atomic mass is 10.0. The molecular formula is C80H93ClN18O17. The van der Waals surface area contributed by atoms with E-state index in [1.165, 1.54) is 53.2 Å². The molecule has 11 aromatic rings. The summed E-state index contributed by atoms with van der Waals surface area (Å²) < 4.78 is 50.4. The number of nitrogens with zero attached hydrogens (tertiary/aromatic N) is 10. The average Bonchev–Trinajstić information content (AvgIpc) is 1.71. The summed E-state index contributed by atoms with van der Waals surface area (Å²) in [4.78, 5) is 109. The lowest BCUT2D eigenvalue weighted by molar-refractivity contribution is -0.156. The number of hydrogen-bond acceptors (Lipinski definition) is 34. The molecule has 0 amide bonds. The monoisotopic (exact) mass is 1610 g/mol. The molecule has 0 spiro atoms. The van der Waals surface area contributed by atoms with E-state index in [1.807, 2.05) is 49.4 Å². The number of halogens is 1. The molecule has 0 radical (unpaired) electrons. The van der Waals surface area contributed by atoms with Gasteiger partial charge < -0.3 is 93.2 Å². The highest BCUT2D eigenvalue weighted by Gasteiger charge is 2.31. The highest BCUT2D eigenvalue weighted by Crippen LogP contribution is 2.25. The highest BCUT2D eigenvalue weighted by atomic mass is 35.5. The number of ether oxygens (including phenoxy) is 10. The number of nitrogens with two attached hydrogens (primary N) is 8. The fraction of sp³-hybridized carbons (Fsp3) is 0.225. The van der Waals surface area contributed by atoms with Crippen molar-refractivity contribution in [1.82, 2.24) is 49.7 Å². The van der Waals surface area contributed by atoms with Crippen LogP contribution in [0.2, 0.25) is 5.02 Å². The van der Waals surface area contributed by atoms with Crippen molar-refractivity contribution in [2.24, 2.45) is 0 Å². The van der Waals surface area contributed by atoms with Gasteiger partial charge in [0, 0.05) is 24.2 Å². The maximum Gasteiger partial charge on any atom is 0.358 e. The first kappa shape index (κ1) is 93.6. The molecule has 35 nitrogen and oxygen atoms in total. The van der Waals surface area contributed by atoms with Crippen molar-refractivity contribution < 1.29 is 80.9 Å². The van der Waals surface area contributed by atoms with Crippen molar-refractivity contribution in [3.63, 3.8) is 0 Å². The predicted octanol–water partition coefficient (Wildman–Crippen LogP) is 10.1. The number of carbonyl (C=O) groups excluding carboxylic acids is 7. The van der Waals surface area contributed by atoms with E-state index in [9.17, 15) is 33.6 Å². The molecule has 36 heteroatoms. The van der Waals surface area contributed by atoms with Gasteiger partial charge in [-0.2, -0.15) is 5.10 Å². The van der Waals surface area contributed by atoms with E-state index in [1.54, 1.807) is 174 Å². The lowest BCUT2D eigenvalue weighted by Crippen LogP contribution is -2.39. The average molecular weight is 1610 g/mol. The summed E-state index contributed by atoms with van der Waals surface area (Å²) in [6, 6.07) is 43.7. The highest BCUT2D eigenvalue weighted by molar-refractivity contribution is 6.31. The Bertz CT molecular complexity index is 4860. The minimum Gasteiger partial charge on any atom is -0.497 e. The van der Waals surface area contributed by atoms with Crippen LogP contribution in [0.15, 0.2) is 195 Å². The van der Waals surface area contributed by atoms with Crippen molar-refractivity contribution >= 4 is 99.9 Å². The van der Waals surface area contributed by atoms with Crippen LogP contribution in [0.3, 0.4) is 0 Å². The zero-order valence-corrected chi connectivity index (χ0v) is 66.4. The second kappa shape index (κ2) is 49.5. The van der Waals surface area contributed by atoms with Gasteiger partial charge in [-0.1, -0.05) is 48.0 Å². The number of nitrogen functional groups attached to an aromatic ring is 8. The third-order valence-electron chi connectivity index (χ3n) is 14.3. The molecule has 0 saturated heterocycles. The number of hydrogen-bond donors (Lipinski definition) is 8. The number of aromatic nitrogens is 10. The Morgan fingerprint density at radius 2 is 0.974 bits per heavy atom. The number of esters is 7. The summed E-state index contributed by atoms with van der Waals surface area (Å²) in [7, 11) is 6.91. The van der Waals surface area contributed by atoms with Gasteiger partial charge in [-0.3, -0.25) is 14.3 Å². The fourth-order valence-electron chi connectivity index (χ4n) is 8.68. The van der Waals surface area contributed by atoms with Crippen molar-refractivity contribution in [3.05, 3.63) is 245 Å². The van der Waals surface area contributed by atoms with E-state index in [4.69, 9.17) is 85.9 Å². The number of aryl methyl sites for hydroxylation is 1. The van der Waals surface area contributed by atoms with Crippen LogP contribution in [0.5, 0.6) is 23.0 Å². The third-order valence-corrected chi connectivity index (χ3v) is 14.6. The van der Waals surface area contributed by atoms with E-state index in [2.05, 4.69) is 63.9 Å². The fourth-order valence-corrected chi connectivity index (χ4v) is 8.85. The molecule has 8 heterocycles. The van der Waals surface area contributed by atoms with E-state index in [-0.39, 0.29) is 54.0 Å². The van der Waals surface area contributed by atoms with Crippen LogP contribution in [0.1, 0.15) is 98.7 Å². The van der Waals surface area contributed by atoms with Gasteiger partial charge in [0.2, 0.25) is 0 Å². The van der Waals surface area contributed by atoms with Gasteiger partial charge in [-0.15, -0.1) is 0 Å². The van der Waals surface area contributed by atoms with Gasteiger partial charge in [-0.05, 0) is 173 Å². The lowest BCUT2D eigenvalue weighted by Gasteiger charge is -2.22. The van der Waals surface area contributed by atoms with E-state index in [0.29, 0.717) is 112 Å². The summed E-state index contributed by atoms with van der Waals surface area (Å²) in [5.74, 6) is 2.77. The Morgan fingerprint density at radius 1 is 0.448 bits per heavy atom. The van der Waals surface area contributed by atoms with Crippen LogP contribution >= 0.6 is 11.6 Å². The summed E-state index contributed by atoms with van der Waals surface area (Å²) in [6.07, 6.45) is 10.8. The van der Waals surface area contributed by atoms with Gasteiger partial charge >= 0.3 is 41.8 Å². The van der Waals surface area contributed by atoms with Gasteiger partial charge in [0.05, 0.1) is 127 Å². The van der Waals surface area contributed by atoms with Crippen molar-refractivity contribution in [2.75, 3.05) is 101 Å². The molecule has 612 valence electrons. The van der Waals surface area contributed by atoms with Crippen LogP contribution in [0, 0.1) is 6.92 Å². The third kappa shape index (κ3) is 34.7. The predicted molar refractivity (Wildman–Crippen MR) is 436 cm³/mol. The molecule has 3 aromatic carbocycles. The normalized spacial score (nSPS) is 9.93. The molecule has 16 N–H and O–H groups in total. The van der Waals surface area contributed by atoms with Gasteiger partial charge in [0.15, 0.2) is 17.1 Å². The largest absolute Gasteiger partial charge is 0.497 e. The van der Waals surface area contributed by atoms with Crippen molar-refractivity contribution in [3.8, 4) is 34.1 Å². The number of pyridine rings is 6. The maximum absolute atomic E-state index is 11.6. The first-order valence-electron chi connectivity index (χ1n) is 34.7. The minimum absolute atomic E-state index is 0.0533. The zero-order valence-electron chi connectivity index (χ0n) is 65.6. The molecular weight excluding hydrogens is 1520 g/mol. The van der Waals surface area contributed by atoms with E-state index >= 15 is 0 Å². The van der Waals surface area contributed by atoms with E-state index in [0.717, 1.165) is 28.0 Å². The summed E-state index contributed by atoms with van der Waals surface area (Å²) in [5, 5.41) is 4.54. The molecule has 0 saturated carbocycles. The van der Waals surface area contributed by atoms with Crippen LogP contribution in [0.25, 0.3) is 11.1 Å². The summed E-state index contributed by atoms with van der Waals surface area (Å²) in [5.41, 5.74) is 49.1. The van der Waals surface area contributed by atoms with Gasteiger partial charge in [0.25, 0.3) is 0 Å². The molecule has 116 heavy (non-hydrogen) atoms. The van der Waals surface area contributed by atoms with Gasteiger partial charge in [0.1, 0.15) is 69.3 Å². The molecule has 0 aliphatic carbocycles. The second-order valence-corrected chi connectivity index (χ2v) is 24.0. The first-order valence-corrected chi connectivity index (χ1v) is 35.1. The maximum atomic E-state index is 11.6. The Balaban J connectivity index is 0.000000282. The molecule has 0 aliphatic heterocycles. The minimum atomic E-state index is -1.04. The van der Waals surface area contributed by atoms with Crippen LogP contribution < -0.4 is 60.1 Å². The molecule has 11 rings (SSSR count). The van der Waals surface area contributed by atoms with Crippen LogP contribution in [-0.2, 0) is 66.9 Å². The first-order chi connectivity index (χ1) is 55.4. The molecule has 0 bridgehead atoms. The number of benzene rings is 3. The number of rotatable bonds is 20. The Labute approximate surface area is 674 Å². The molecule has 0 unspecified atom stereocenters. The quantitative estimate of drug-likeness (QED) is 0.0260. The smallest absolute Gasteiger partial charge is 0.358 e. The number of anilines is 8. The SMILES string of the molecule is CCOC(=O)Cc1cccc(N)n1.CCOC(=O)Cc1nc(N)ccc1Cl.CCOC(=O)c1cn(Cc2ccc(OC)cc2)nc1N.COC(=O)C(C)(C)Oc1ccc(N)nc1.COC(=O)c1ccc(Oc2ccc(N)nc2)cc1.COC(=O)c1cccc(-c2ccc(N)nc2)c1.COC(=O)c1cnc(N)cn1.Cc1ccc(N)nc1. The number of carbonyl (C=O) groups is 7. The Kier molecular flexibility index (Phi) is 39.9.